The van der Waals surface area contributed by atoms with Crippen LogP contribution in [0.15, 0.2) is 34.8 Å². The summed E-state index contributed by atoms with van der Waals surface area (Å²) in [5.41, 5.74) is 3.68. The van der Waals surface area contributed by atoms with Crippen LogP contribution in [0.3, 0.4) is 0 Å². The lowest BCUT2D eigenvalue weighted by Crippen LogP contribution is -2.06. The topological polar surface area (TPSA) is 34.2 Å². The molecule has 0 unspecified atom stereocenters. The van der Waals surface area contributed by atoms with Crippen molar-refractivity contribution in [3.8, 4) is 5.75 Å². The third kappa shape index (κ3) is 2.96. The number of fused-ring (bicyclic) bond motifs is 1. The molecule has 0 atom stereocenters. The summed E-state index contributed by atoms with van der Waals surface area (Å²) in [6.45, 7) is 3.70. The lowest BCUT2D eigenvalue weighted by molar-refractivity contribution is 0.357. The van der Waals surface area contributed by atoms with Crippen LogP contribution in [0.4, 0.5) is 5.82 Å². The number of hydrogen-bond acceptors (Lipinski definition) is 3. The van der Waals surface area contributed by atoms with Gasteiger partial charge in [0.2, 0.25) is 0 Å². The summed E-state index contributed by atoms with van der Waals surface area (Å²) in [4.78, 5) is 4.48. The summed E-state index contributed by atoms with van der Waals surface area (Å²) in [5.74, 6) is 1.97. The average Bonchev–Trinajstić information content (AvgIpc) is 2.90. The third-order valence-electron chi connectivity index (χ3n) is 3.49. The summed E-state index contributed by atoms with van der Waals surface area (Å²) in [5, 5.41) is 3.37. The zero-order valence-electron chi connectivity index (χ0n) is 11.4. The number of nitrogens with one attached hydrogen (secondary N) is 1. The maximum absolute atomic E-state index is 5.52. The molecule has 1 aromatic heterocycles. The van der Waals surface area contributed by atoms with E-state index in [1.165, 1.54) is 11.1 Å². The monoisotopic (exact) mass is 332 g/mol. The number of pyridine rings is 1. The van der Waals surface area contributed by atoms with Crippen molar-refractivity contribution in [3.63, 3.8) is 0 Å². The van der Waals surface area contributed by atoms with Gasteiger partial charge in [-0.15, -0.1) is 0 Å². The third-order valence-corrected chi connectivity index (χ3v) is 4.33. The van der Waals surface area contributed by atoms with E-state index in [1.54, 1.807) is 0 Å². The van der Waals surface area contributed by atoms with Crippen molar-refractivity contribution in [1.82, 2.24) is 4.98 Å². The molecule has 0 spiro atoms. The second kappa shape index (κ2) is 5.83. The van der Waals surface area contributed by atoms with Gasteiger partial charge in [-0.05, 0) is 58.6 Å². The first-order valence-corrected chi connectivity index (χ1v) is 7.63. The van der Waals surface area contributed by atoms with Crippen molar-refractivity contribution in [2.45, 2.75) is 19.8 Å². The smallest absolute Gasteiger partial charge is 0.126 e. The van der Waals surface area contributed by atoms with E-state index in [0.29, 0.717) is 0 Å². The molecule has 2 heterocycles. The number of hydrogen-bond donors (Lipinski definition) is 1. The van der Waals surface area contributed by atoms with E-state index in [2.05, 4.69) is 44.4 Å². The Balaban J connectivity index is 1.58. The van der Waals surface area contributed by atoms with Crippen molar-refractivity contribution >= 4 is 21.7 Å². The summed E-state index contributed by atoms with van der Waals surface area (Å²) >= 11 is 3.46. The Morgan fingerprint density at radius 1 is 1.30 bits per heavy atom. The van der Waals surface area contributed by atoms with Crippen LogP contribution in [0.5, 0.6) is 5.75 Å². The standard InChI is InChI=1S/C16H17BrN2O/c1-11-14(17)3-5-16(19-11)18-8-6-12-2-4-15-13(10-12)7-9-20-15/h2-5,10H,6-9H2,1H3,(H,18,19). The van der Waals surface area contributed by atoms with Gasteiger partial charge in [-0.25, -0.2) is 4.98 Å². The van der Waals surface area contributed by atoms with Gasteiger partial charge in [-0.2, -0.15) is 0 Å². The Hall–Kier alpha value is -1.55. The highest BCUT2D eigenvalue weighted by Crippen LogP contribution is 2.26. The number of rotatable bonds is 4. The minimum Gasteiger partial charge on any atom is -0.493 e. The van der Waals surface area contributed by atoms with Gasteiger partial charge < -0.3 is 10.1 Å². The minimum atomic E-state index is 0.819. The first-order chi connectivity index (χ1) is 9.72. The van der Waals surface area contributed by atoms with E-state index >= 15 is 0 Å². The van der Waals surface area contributed by atoms with Gasteiger partial charge in [-0.3, -0.25) is 0 Å². The van der Waals surface area contributed by atoms with E-state index < -0.39 is 0 Å². The molecule has 1 aliphatic heterocycles. The molecule has 1 N–H and O–H groups in total. The van der Waals surface area contributed by atoms with E-state index in [-0.39, 0.29) is 0 Å². The van der Waals surface area contributed by atoms with Gasteiger partial charge in [0.1, 0.15) is 11.6 Å². The highest BCUT2D eigenvalue weighted by molar-refractivity contribution is 9.10. The lowest BCUT2D eigenvalue weighted by Gasteiger charge is -2.08. The predicted octanol–water partition coefficient (Wildman–Crippen LogP) is 3.74. The first-order valence-electron chi connectivity index (χ1n) is 6.84. The van der Waals surface area contributed by atoms with Gasteiger partial charge in [0.05, 0.1) is 12.3 Å². The van der Waals surface area contributed by atoms with Gasteiger partial charge in [0.15, 0.2) is 0 Å². The molecule has 3 nitrogen and oxygen atoms in total. The fourth-order valence-electron chi connectivity index (χ4n) is 2.37. The Bertz CT molecular complexity index is 628. The van der Waals surface area contributed by atoms with Crippen molar-refractivity contribution < 1.29 is 4.74 Å². The molecule has 0 amide bonds. The Morgan fingerprint density at radius 2 is 2.20 bits per heavy atom. The molecule has 0 fully saturated rings. The van der Waals surface area contributed by atoms with Crippen LogP contribution in [-0.2, 0) is 12.8 Å². The van der Waals surface area contributed by atoms with E-state index in [9.17, 15) is 0 Å². The van der Waals surface area contributed by atoms with Crippen molar-refractivity contribution in [2.75, 3.05) is 18.5 Å². The fourth-order valence-corrected chi connectivity index (χ4v) is 2.59. The highest BCUT2D eigenvalue weighted by atomic mass is 79.9. The number of ether oxygens (including phenoxy) is 1. The van der Waals surface area contributed by atoms with Crippen molar-refractivity contribution in [3.05, 3.63) is 51.6 Å². The molecule has 4 heteroatoms. The maximum atomic E-state index is 5.52. The van der Waals surface area contributed by atoms with Crippen LogP contribution in [0.1, 0.15) is 16.8 Å². The van der Waals surface area contributed by atoms with Crippen LogP contribution in [0.25, 0.3) is 0 Å². The lowest BCUT2D eigenvalue weighted by atomic mass is 10.1. The normalized spacial score (nSPS) is 12.9. The van der Waals surface area contributed by atoms with Crippen molar-refractivity contribution in [2.24, 2.45) is 0 Å². The zero-order chi connectivity index (χ0) is 13.9. The maximum Gasteiger partial charge on any atom is 0.126 e. The molecule has 0 saturated heterocycles. The summed E-state index contributed by atoms with van der Waals surface area (Å²) in [7, 11) is 0. The number of aryl methyl sites for hydroxylation is 1. The molecule has 1 aromatic carbocycles. The first kappa shape index (κ1) is 13.4. The second-order valence-corrected chi connectivity index (χ2v) is 5.84. The van der Waals surface area contributed by atoms with Crippen LogP contribution >= 0.6 is 15.9 Å². The number of aromatic nitrogens is 1. The van der Waals surface area contributed by atoms with Crippen LogP contribution in [0, 0.1) is 6.92 Å². The summed E-state index contributed by atoms with van der Waals surface area (Å²) < 4.78 is 6.56. The van der Waals surface area contributed by atoms with Crippen LogP contribution < -0.4 is 10.1 Å². The average molecular weight is 333 g/mol. The molecule has 104 valence electrons. The molecule has 20 heavy (non-hydrogen) atoms. The number of nitrogens with zero attached hydrogens (tertiary/aromatic N) is 1. The Labute approximate surface area is 127 Å². The fraction of sp³-hybridized carbons (Fsp3) is 0.312. The molecule has 1 aliphatic rings. The SMILES string of the molecule is Cc1nc(NCCc2ccc3c(c2)CCO3)ccc1Br. The molecular formula is C16H17BrN2O. The van der Waals surface area contributed by atoms with Crippen LogP contribution in [-0.4, -0.2) is 18.1 Å². The molecule has 0 radical (unpaired) electrons. The number of anilines is 1. The van der Waals surface area contributed by atoms with Gasteiger partial charge in [0, 0.05) is 17.4 Å². The number of benzene rings is 1. The van der Waals surface area contributed by atoms with Gasteiger partial charge >= 0.3 is 0 Å². The predicted molar refractivity (Wildman–Crippen MR) is 84.5 cm³/mol. The molecule has 0 saturated carbocycles. The van der Waals surface area contributed by atoms with E-state index in [4.69, 9.17) is 4.74 Å². The largest absolute Gasteiger partial charge is 0.493 e. The summed E-state index contributed by atoms with van der Waals surface area (Å²) in [6.07, 6.45) is 2.02. The number of halogens is 1. The highest BCUT2D eigenvalue weighted by Gasteiger charge is 2.11. The summed E-state index contributed by atoms with van der Waals surface area (Å²) in [6, 6.07) is 10.5. The van der Waals surface area contributed by atoms with E-state index in [0.717, 1.165) is 47.7 Å². The van der Waals surface area contributed by atoms with Gasteiger partial charge in [-0.1, -0.05) is 12.1 Å². The molecular weight excluding hydrogens is 316 g/mol. The second-order valence-electron chi connectivity index (χ2n) is 4.98. The minimum absolute atomic E-state index is 0.819. The molecule has 2 aromatic rings. The Kier molecular flexibility index (Phi) is 3.92. The van der Waals surface area contributed by atoms with Crippen molar-refractivity contribution in [1.29, 1.82) is 0 Å². The Morgan fingerprint density at radius 3 is 3.05 bits per heavy atom. The molecule has 0 bridgehead atoms. The van der Waals surface area contributed by atoms with E-state index in [1.807, 2.05) is 19.1 Å². The molecule has 0 aliphatic carbocycles. The molecule has 3 rings (SSSR count). The van der Waals surface area contributed by atoms with Gasteiger partial charge in [0.25, 0.3) is 0 Å². The van der Waals surface area contributed by atoms with Crippen LogP contribution in [0.2, 0.25) is 0 Å². The zero-order valence-corrected chi connectivity index (χ0v) is 13.0. The quantitative estimate of drug-likeness (QED) is 0.925.